The van der Waals surface area contributed by atoms with Crippen LogP contribution >= 0.6 is 0 Å². The van der Waals surface area contributed by atoms with Gasteiger partial charge in [0.2, 0.25) is 0 Å². The Bertz CT molecular complexity index is 995. The summed E-state index contributed by atoms with van der Waals surface area (Å²) in [5.74, 6) is 0.0681. The summed E-state index contributed by atoms with van der Waals surface area (Å²) in [6.07, 6.45) is 1.87. The monoisotopic (exact) mass is 290 g/mol. The number of carbonyl (C=O) groups is 1. The van der Waals surface area contributed by atoms with Crippen molar-refractivity contribution in [2.24, 2.45) is 0 Å². The van der Waals surface area contributed by atoms with E-state index >= 15 is 0 Å². The molecular formula is C18H14N2O2. The van der Waals surface area contributed by atoms with Crippen LogP contribution < -0.4 is 5.32 Å². The van der Waals surface area contributed by atoms with Gasteiger partial charge in [-0.05, 0) is 48.9 Å². The standard InChI is InChI=1S/C18H14N2O2/c1-11-2-3-13-10-17(22-16(13)8-11)18(21)20-14-4-5-15-12(9-14)6-7-19-15/h2-10,19H,1H3,(H,20,21). The van der Waals surface area contributed by atoms with E-state index in [-0.39, 0.29) is 5.91 Å². The van der Waals surface area contributed by atoms with Crippen LogP contribution in [0.25, 0.3) is 21.9 Å². The van der Waals surface area contributed by atoms with Crippen LogP contribution in [-0.4, -0.2) is 10.9 Å². The van der Waals surface area contributed by atoms with Gasteiger partial charge in [-0.25, -0.2) is 0 Å². The summed E-state index contributed by atoms with van der Waals surface area (Å²) in [5.41, 5.74) is 3.61. The molecule has 4 nitrogen and oxygen atoms in total. The Labute approximate surface area is 126 Å². The number of nitrogens with one attached hydrogen (secondary N) is 2. The Morgan fingerprint density at radius 3 is 2.86 bits per heavy atom. The first-order valence-electron chi connectivity index (χ1n) is 7.08. The number of benzene rings is 2. The van der Waals surface area contributed by atoms with Gasteiger partial charge in [0.25, 0.3) is 5.91 Å². The van der Waals surface area contributed by atoms with Gasteiger partial charge in [-0.1, -0.05) is 12.1 Å². The van der Waals surface area contributed by atoms with Crippen LogP contribution in [-0.2, 0) is 0 Å². The van der Waals surface area contributed by atoms with Gasteiger partial charge in [0.05, 0.1) is 0 Å². The third kappa shape index (κ3) is 2.15. The maximum absolute atomic E-state index is 12.3. The SMILES string of the molecule is Cc1ccc2cc(C(=O)Nc3ccc4[nH]ccc4c3)oc2c1. The van der Waals surface area contributed by atoms with Crippen molar-refractivity contribution in [1.82, 2.24) is 4.98 Å². The number of fused-ring (bicyclic) bond motifs is 2. The summed E-state index contributed by atoms with van der Waals surface area (Å²) in [7, 11) is 0. The van der Waals surface area contributed by atoms with Crippen molar-refractivity contribution < 1.29 is 9.21 Å². The van der Waals surface area contributed by atoms with E-state index in [0.29, 0.717) is 5.76 Å². The van der Waals surface area contributed by atoms with Crippen LogP contribution in [0.2, 0.25) is 0 Å². The van der Waals surface area contributed by atoms with Gasteiger partial charge in [0.1, 0.15) is 5.58 Å². The molecule has 108 valence electrons. The lowest BCUT2D eigenvalue weighted by molar-refractivity contribution is 0.0998. The first-order valence-corrected chi connectivity index (χ1v) is 7.08. The molecule has 0 saturated heterocycles. The number of aromatic nitrogens is 1. The molecule has 0 fully saturated rings. The van der Waals surface area contributed by atoms with Gasteiger partial charge in [-0.15, -0.1) is 0 Å². The van der Waals surface area contributed by atoms with E-state index in [4.69, 9.17) is 4.42 Å². The van der Waals surface area contributed by atoms with Crippen molar-refractivity contribution in [3.8, 4) is 0 Å². The normalized spacial score (nSPS) is 11.1. The summed E-state index contributed by atoms with van der Waals surface area (Å²) in [4.78, 5) is 15.5. The lowest BCUT2D eigenvalue weighted by Crippen LogP contribution is -2.10. The Kier molecular flexibility index (Phi) is 2.76. The quantitative estimate of drug-likeness (QED) is 0.572. The predicted molar refractivity (Wildman–Crippen MR) is 87.2 cm³/mol. The Hall–Kier alpha value is -3.01. The summed E-state index contributed by atoms with van der Waals surface area (Å²) in [5, 5.41) is 4.85. The molecular weight excluding hydrogens is 276 g/mol. The minimum Gasteiger partial charge on any atom is -0.451 e. The Morgan fingerprint density at radius 2 is 1.95 bits per heavy atom. The second kappa shape index (κ2) is 4.77. The summed E-state index contributed by atoms with van der Waals surface area (Å²) in [6.45, 7) is 1.99. The molecule has 0 atom stereocenters. The Morgan fingerprint density at radius 1 is 1.05 bits per heavy atom. The number of furan rings is 1. The van der Waals surface area contributed by atoms with E-state index in [1.54, 1.807) is 6.07 Å². The summed E-state index contributed by atoms with van der Waals surface area (Å²) < 4.78 is 5.64. The first-order chi connectivity index (χ1) is 10.7. The number of carbonyl (C=O) groups excluding carboxylic acids is 1. The highest BCUT2D eigenvalue weighted by atomic mass is 16.3. The molecule has 0 spiro atoms. The molecule has 0 aliphatic carbocycles. The second-order valence-electron chi connectivity index (χ2n) is 5.39. The van der Waals surface area contributed by atoms with Crippen LogP contribution in [0.15, 0.2) is 59.1 Å². The van der Waals surface area contributed by atoms with Crippen molar-refractivity contribution in [2.45, 2.75) is 6.92 Å². The molecule has 2 aromatic carbocycles. The number of anilines is 1. The fourth-order valence-electron chi connectivity index (χ4n) is 2.57. The van der Waals surface area contributed by atoms with E-state index in [1.165, 1.54) is 0 Å². The maximum atomic E-state index is 12.3. The second-order valence-corrected chi connectivity index (χ2v) is 5.39. The van der Waals surface area contributed by atoms with Gasteiger partial charge >= 0.3 is 0 Å². The van der Waals surface area contributed by atoms with Crippen molar-refractivity contribution >= 4 is 33.5 Å². The number of aryl methyl sites for hydroxylation is 1. The zero-order chi connectivity index (χ0) is 15.1. The highest BCUT2D eigenvalue weighted by Crippen LogP contribution is 2.22. The minimum absolute atomic E-state index is 0.247. The van der Waals surface area contributed by atoms with Crippen LogP contribution in [0.3, 0.4) is 0 Å². The molecule has 22 heavy (non-hydrogen) atoms. The van der Waals surface area contributed by atoms with Gasteiger partial charge in [-0.2, -0.15) is 0 Å². The molecule has 2 heterocycles. The molecule has 0 unspecified atom stereocenters. The van der Waals surface area contributed by atoms with E-state index in [1.807, 2.05) is 55.6 Å². The van der Waals surface area contributed by atoms with E-state index in [2.05, 4.69) is 10.3 Å². The van der Waals surface area contributed by atoms with E-state index in [0.717, 1.165) is 33.1 Å². The lowest BCUT2D eigenvalue weighted by atomic mass is 10.2. The van der Waals surface area contributed by atoms with Crippen LogP contribution in [0, 0.1) is 6.92 Å². The summed E-state index contributed by atoms with van der Waals surface area (Å²) in [6, 6.07) is 15.3. The van der Waals surface area contributed by atoms with Crippen LogP contribution in [0.5, 0.6) is 0 Å². The molecule has 1 amide bonds. The molecule has 0 aliphatic rings. The topological polar surface area (TPSA) is 58.0 Å². The van der Waals surface area contributed by atoms with Crippen molar-refractivity contribution in [3.63, 3.8) is 0 Å². The van der Waals surface area contributed by atoms with E-state index < -0.39 is 0 Å². The molecule has 4 rings (SSSR count). The number of amides is 1. The zero-order valence-electron chi connectivity index (χ0n) is 12.0. The van der Waals surface area contributed by atoms with Gasteiger partial charge in [0.15, 0.2) is 5.76 Å². The molecule has 4 aromatic rings. The van der Waals surface area contributed by atoms with E-state index in [9.17, 15) is 4.79 Å². The lowest BCUT2D eigenvalue weighted by Gasteiger charge is -2.03. The predicted octanol–water partition coefficient (Wildman–Crippen LogP) is 4.47. The zero-order valence-corrected chi connectivity index (χ0v) is 12.0. The van der Waals surface area contributed by atoms with Crippen molar-refractivity contribution in [2.75, 3.05) is 5.32 Å². The smallest absolute Gasteiger partial charge is 0.291 e. The van der Waals surface area contributed by atoms with Crippen molar-refractivity contribution in [3.05, 3.63) is 66.1 Å². The third-order valence-corrected chi connectivity index (χ3v) is 3.71. The molecule has 4 heteroatoms. The molecule has 0 bridgehead atoms. The first kappa shape index (κ1) is 12.7. The third-order valence-electron chi connectivity index (χ3n) is 3.71. The van der Waals surface area contributed by atoms with Gasteiger partial charge < -0.3 is 14.7 Å². The van der Waals surface area contributed by atoms with Crippen LogP contribution in [0.4, 0.5) is 5.69 Å². The fraction of sp³-hybridized carbons (Fsp3) is 0.0556. The Balaban J connectivity index is 1.64. The highest BCUT2D eigenvalue weighted by Gasteiger charge is 2.12. The maximum Gasteiger partial charge on any atom is 0.291 e. The molecule has 2 aromatic heterocycles. The number of H-pyrrole nitrogens is 1. The average molecular weight is 290 g/mol. The molecule has 2 N–H and O–H groups in total. The highest BCUT2D eigenvalue weighted by molar-refractivity contribution is 6.05. The molecule has 0 aliphatic heterocycles. The number of rotatable bonds is 2. The van der Waals surface area contributed by atoms with Crippen LogP contribution in [0.1, 0.15) is 16.1 Å². The van der Waals surface area contributed by atoms with Gasteiger partial charge in [0, 0.05) is 28.2 Å². The minimum atomic E-state index is -0.247. The van der Waals surface area contributed by atoms with Gasteiger partial charge in [-0.3, -0.25) is 4.79 Å². The average Bonchev–Trinajstić information content (AvgIpc) is 3.12. The number of hydrogen-bond donors (Lipinski definition) is 2. The summed E-state index contributed by atoms with van der Waals surface area (Å²) >= 11 is 0. The largest absolute Gasteiger partial charge is 0.451 e. The molecule has 0 saturated carbocycles. The van der Waals surface area contributed by atoms with Crippen molar-refractivity contribution in [1.29, 1.82) is 0 Å². The number of hydrogen-bond acceptors (Lipinski definition) is 2. The molecule has 0 radical (unpaired) electrons. The fourth-order valence-corrected chi connectivity index (χ4v) is 2.57. The number of aromatic amines is 1.